The molecule has 2 saturated heterocycles. The molecule has 0 spiro atoms. The van der Waals surface area contributed by atoms with Gasteiger partial charge < -0.3 is 15.3 Å². The standard InChI is InChI=1S/C21H33FN4O3S.C2HF3O2/c1-18-5-2-3-11-24(18)15-16-26(12-8-21(27)25-13-9-23-10-14-25)30(28,29)20-7-4-6-19(22)17-20;3-2(4,5)1(6)7/h4,6-7,17-18,23H,2-3,5,8-16H2,1H3;(H,6,7). The number of piperidine rings is 1. The molecule has 2 fully saturated rings. The van der Waals surface area contributed by atoms with E-state index in [0.717, 1.165) is 38.5 Å². The first kappa shape index (κ1) is 30.9. The lowest BCUT2D eigenvalue weighted by Gasteiger charge is -2.35. The maximum absolute atomic E-state index is 13.7. The average Bonchev–Trinajstić information content (AvgIpc) is 2.85. The van der Waals surface area contributed by atoms with Gasteiger partial charge in [-0.1, -0.05) is 12.5 Å². The van der Waals surface area contributed by atoms with Crippen LogP contribution >= 0.6 is 0 Å². The van der Waals surface area contributed by atoms with E-state index in [4.69, 9.17) is 9.90 Å². The van der Waals surface area contributed by atoms with Crippen LogP contribution in [0.3, 0.4) is 0 Å². The van der Waals surface area contributed by atoms with Crippen molar-refractivity contribution in [3.63, 3.8) is 0 Å². The quantitative estimate of drug-likeness (QED) is 0.474. The fourth-order valence-electron chi connectivity index (χ4n) is 4.15. The van der Waals surface area contributed by atoms with Crippen LogP contribution in [0.5, 0.6) is 0 Å². The van der Waals surface area contributed by atoms with Crippen LogP contribution in [0.25, 0.3) is 0 Å². The highest BCUT2D eigenvalue weighted by Crippen LogP contribution is 2.20. The Labute approximate surface area is 214 Å². The molecule has 0 aromatic heterocycles. The molecule has 0 aliphatic carbocycles. The monoisotopic (exact) mass is 554 g/mol. The lowest BCUT2D eigenvalue weighted by atomic mass is 10.0. The Hall–Kier alpha value is -2.29. The van der Waals surface area contributed by atoms with Gasteiger partial charge in [-0.2, -0.15) is 17.5 Å². The van der Waals surface area contributed by atoms with Crippen LogP contribution < -0.4 is 5.32 Å². The number of amides is 1. The van der Waals surface area contributed by atoms with Gasteiger partial charge in [0.15, 0.2) is 0 Å². The average molecular weight is 555 g/mol. The molecule has 1 amide bonds. The summed E-state index contributed by atoms with van der Waals surface area (Å²) in [7, 11) is -3.88. The topological polar surface area (TPSA) is 110 Å². The highest BCUT2D eigenvalue weighted by Gasteiger charge is 2.38. The molecular weight excluding hydrogens is 520 g/mol. The summed E-state index contributed by atoms with van der Waals surface area (Å²) in [6.45, 7) is 6.90. The number of halogens is 4. The van der Waals surface area contributed by atoms with Crippen molar-refractivity contribution >= 4 is 21.9 Å². The fraction of sp³-hybridized carbons (Fsp3) is 0.652. The highest BCUT2D eigenvalue weighted by atomic mass is 32.2. The number of carbonyl (C=O) groups is 2. The number of sulfonamides is 1. The van der Waals surface area contributed by atoms with E-state index >= 15 is 0 Å². The first-order valence-electron chi connectivity index (χ1n) is 12.1. The van der Waals surface area contributed by atoms with Crippen LogP contribution in [0, 0.1) is 5.82 Å². The number of nitrogens with zero attached hydrogens (tertiary/aromatic N) is 3. The van der Waals surface area contributed by atoms with Crippen molar-refractivity contribution in [2.24, 2.45) is 0 Å². The summed E-state index contributed by atoms with van der Waals surface area (Å²) in [5, 5.41) is 10.3. The molecule has 1 unspecified atom stereocenters. The van der Waals surface area contributed by atoms with E-state index in [9.17, 15) is 30.8 Å². The molecular formula is C23H34F4N4O5S. The molecule has 2 heterocycles. The van der Waals surface area contributed by atoms with Gasteiger partial charge in [-0.05, 0) is 44.5 Å². The Kier molecular flexibility index (Phi) is 11.7. The maximum atomic E-state index is 13.7. The largest absolute Gasteiger partial charge is 0.490 e. The van der Waals surface area contributed by atoms with Gasteiger partial charge in [-0.25, -0.2) is 17.6 Å². The van der Waals surface area contributed by atoms with Gasteiger partial charge in [0, 0.05) is 58.3 Å². The van der Waals surface area contributed by atoms with Crippen molar-refractivity contribution in [1.29, 1.82) is 0 Å². The number of carbonyl (C=O) groups excluding carboxylic acids is 1. The first-order chi connectivity index (χ1) is 17.3. The number of piperazine rings is 1. The van der Waals surface area contributed by atoms with Crippen molar-refractivity contribution in [3.8, 4) is 0 Å². The Morgan fingerprint density at radius 1 is 1.14 bits per heavy atom. The zero-order valence-corrected chi connectivity index (χ0v) is 21.5. The molecule has 9 nitrogen and oxygen atoms in total. The Balaban J connectivity index is 0.000000604. The van der Waals surface area contributed by atoms with Crippen molar-refractivity contribution in [2.75, 3.05) is 52.4 Å². The van der Waals surface area contributed by atoms with Crippen LogP contribution in [0.2, 0.25) is 0 Å². The summed E-state index contributed by atoms with van der Waals surface area (Å²) in [5.41, 5.74) is 0. The van der Waals surface area contributed by atoms with Crippen molar-refractivity contribution < 1.29 is 40.7 Å². The molecule has 0 saturated carbocycles. The molecule has 2 aliphatic rings. The predicted octanol–water partition coefficient (Wildman–Crippen LogP) is 2.15. The van der Waals surface area contributed by atoms with Gasteiger partial charge >= 0.3 is 12.1 Å². The molecule has 1 atom stereocenters. The zero-order valence-electron chi connectivity index (χ0n) is 20.7. The van der Waals surface area contributed by atoms with E-state index in [1.807, 2.05) is 0 Å². The molecule has 1 aromatic carbocycles. The van der Waals surface area contributed by atoms with E-state index in [2.05, 4.69) is 17.1 Å². The second-order valence-electron chi connectivity index (χ2n) is 8.93. The van der Waals surface area contributed by atoms with Gasteiger partial charge in [-0.3, -0.25) is 9.69 Å². The minimum atomic E-state index is -5.08. The van der Waals surface area contributed by atoms with Gasteiger partial charge in [0.2, 0.25) is 15.9 Å². The number of rotatable bonds is 8. The highest BCUT2D eigenvalue weighted by molar-refractivity contribution is 7.89. The number of carboxylic acids is 1. The predicted molar refractivity (Wildman–Crippen MR) is 128 cm³/mol. The molecule has 2 N–H and O–H groups in total. The van der Waals surface area contributed by atoms with Crippen LogP contribution in [0.4, 0.5) is 17.6 Å². The molecule has 0 radical (unpaired) electrons. The zero-order chi connectivity index (χ0) is 27.6. The summed E-state index contributed by atoms with van der Waals surface area (Å²) >= 11 is 0. The van der Waals surface area contributed by atoms with E-state index < -0.39 is 28.0 Å². The molecule has 2 aliphatic heterocycles. The van der Waals surface area contributed by atoms with E-state index in [-0.39, 0.29) is 30.3 Å². The molecule has 14 heteroatoms. The summed E-state index contributed by atoms with van der Waals surface area (Å²) in [5.74, 6) is -3.38. The Morgan fingerprint density at radius 3 is 2.35 bits per heavy atom. The van der Waals surface area contributed by atoms with Crippen LogP contribution in [0.15, 0.2) is 29.2 Å². The summed E-state index contributed by atoms with van der Waals surface area (Å²) in [6, 6.07) is 5.50. The minimum absolute atomic E-state index is 0.0396. The third kappa shape index (κ3) is 9.83. The number of carboxylic acid groups (broad SMARTS) is 1. The SMILES string of the molecule is CC1CCCCN1CCN(CCC(=O)N1CCNCC1)S(=O)(=O)c1cccc(F)c1.O=C(O)C(F)(F)F. The Morgan fingerprint density at radius 2 is 1.78 bits per heavy atom. The number of alkyl halides is 3. The summed E-state index contributed by atoms with van der Waals surface area (Å²) < 4.78 is 73.2. The third-order valence-corrected chi connectivity index (χ3v) is 8.19. The number of aliphatic carboxylic acids is 1. The summed E-state index contributed by atoms with van der Waals surface area (Å²) in [4.78, 5) is 25.5. The van der Waals surface area contributed by atoms with Gasteiger partial charge in [0.05, 0.1) is 4.90 Å². The Bertz CT molecular complexity index is 1000. The molecule has 3 rings (SSSR count). The number of hydrogen-bond acceptors (Lipinski definition) is 6. The number of likely N-dealkylation sites (tertiary alicyclic amines) is 1. The van der Waals surface area contributed by atoms with Crippen LogP contribution in [-0.2, 0) is 19.6 Å². The lowest BCUT2D eigenvalue weighted by molar-refractivity contribution is -0.192. The van der Waals surface area contributed by atoms with Crippen LogP contribution in [-0.4, -0.2) is 104 Å². The van der Waals surface area contributed by atoms with E-state index in [1.54, 1.807) is 4.90 Å². The number of hydrogen-bond donors (Lipinski definition) is 2. The summed E-state index contributed by atoms with van der Waals surface area (Å²) in [6.07, 6.45) is -1.53. The molecule has 1 aromatic rings. The fourth-order valence-corrected chi connectivity index (χ4v) is 5.62. The minimum Gasteiger partial charge on any atom is -0.475 e. The number of nitrogens with one attached hydrogen (secondary N) is 1. The normalized spacial score (nSPS) is 19.3. The maximum Gasteiger partial charge on any atom is 0.490 e. The first-order valence-corrected chi connectivity index (χ1v) is 13.5. The number of benzene rings is 1. The third-order valence-electron chi connectivity index (χ3n) is 6.30. The van der Waals surface area contributed by atoms with Crippen molar-refractivity contribution in [3.05, 3.63) is 30.1 Å². The van der Waals surface area contributed by atoms with E-state index in [1.165, 1.54) is 28.9 Å². The molecule has 37 heavy (non-hydrogen) atoms. The second-order valence-corrected chi connectivity index (χ2v) is 10.9. The van der Waals surface area contributed by atoms with Gasteiger partial charge in [0.1, 0.15) is 5.82 Å². The van der Waals surface area contributed by atoms with Gasteiger partial charge in [-0.15, -0.1) is 0 Å². The molecule has 0 bridgehead atoms. The van der Waals surface area contributed by atoms with Crippen LogP contribution in [0.1, 0.15) is 32.6 Å². The van der Waals surface area contributed by atoms with Crippen molar-refractivity contribution in [1.82, 2.24) is 19.4 Å². The second kappa shape index (κ2) is 14.0. The van der Waals surface area contributed by atoms with E-state index in [0.29, 0.717) is 25.7 Å². The van der Waals surface area contributed by atoms with Crippen molar-refractivity contribution in [2.45, 2.75) is 49.7 Å². The molecule has 210 valence electrons. The smallest absolute Gasteiger partial charge is 0.475 e. The lowest BCUT2D eigenvalue weighted by Crippen LogP contribution is -2.48. The van der Waals surface area contributed by atoms with Gasteiger partial charge in [0.25, 0.3) is 0 Å².